The van der Waals surface area contributed by atoms with Crippen LogP contribution in [0, 0.1) is 5.92 Å². The van der Waals surface area contributed by atoms with Crippen LogP contribution in [0.25, 0.3) is 0 Å². The van der Waals surface area contributed by atoms with Crippen molar-refractivity contribution in [3.8, 4) is 0 Å². The van der Waals surface area contributed by atoms with E-state index in [4.69, 9.17) is 0 Å². The van der Waals surface area contributed by atoms with Crippen molar-refractivity contribution in [2.45, 2.75) is 26.7 Å². The molecule has 2 amide bonds. The molecule has 3 heteroatoms. The highest BCUT2D eigenvalue weighted by molar-refractivity contribution is 5.74. The van der Waals surface area contributed by atoms with Crippen LogP contribution in [-0.2, 0) is 6.42 Å². The number of hydrogen-bond acceptors (Lipinski definition) is 1. The number of carbonyl (C=O) groups is 1. The third-order valence-electron chi connectivity index (χ3n) is 3.96. The number of rotatable bonds is 4. The predicted molar refractivity (Wildman–Crippen MR) is 78.1 cm³/mol. The quantitative estimate of drug-likeness (QED) is 0.816. The molecular formula is C16H24N2O. The minimum absolute atomic E-state index is 0.209. The van der Waals surface area contributed by atoms with Crippen LogP contribution in [0.4, 0.5) is 4.79 Å². The lowest BCUT2D eigenvalue weighted by atomic mass is 9.99. The fourth-order valence-corrected chi connectivity index (χ4v) is 2.81. The summed E-state index contributed by atoms with van der Waals surface area (Å²) < 4.78 is 0. The Morgan fingerprint density at radius 3 is 2.58 bits per heavy atom. The first kappa shape index (κ1) is 13.9. The number of urea groups is 1. The highest BCUT2D eigenvalue weighted by Crippen LogP contribution is 2.21. The first-order valence-corrected chi connectivity index (χ1v) is 7.32. The molecule has 1 unspecified atom stereocenters. The van der Waals surface area contributed by atoms with Crippen LogP contribution in [0.2, 0.25) is 0 Å². The summed E-state index contributed by atoms with van der Waals surface area (Å²) in [6.07, 6.45) is 2.21. The topological polar surface area (TPSA) is 23.6 Å². The molecule has 0 saturated carbocycles. The van der Waals surface area contributed by atoms with E-state index in [1.165, 1.54) is 5.56 Å². The van der Waals surface area contributed by atoms with Gasteiger partial charge in [0.05, 0.1) is 0 Å². The van der Waals surface area contributed by atoms with E-state index in [-0.39, 0.29) is 6.03 Å². The largest absolute Gasteiger partial charge is 0.325 e. The number of nitrogens with zero attached hydrogens (tertiary/aromatic N) is 2. The molecular weight excluding hydrogens is 236 g/mol. The Balaban J connectivity index is 1.88. The molecule has 0 aliphatic carbocycles. The molecule has 3 nitrogen and oxygen atoms in total. The number of likely N-dealkylation sites (tertiary alicyclic amines) is 1. The monoisotopic (exact) mass is 260 g/mol. The molecule has 19 heavy (non-hydrogen) atoms. The highest BCUT2D eigenvalue weighted by atomic mass is 16.2. The van der Waals surface area contributed by atoms with Gasteiger partial charge in [0, 0.05) is 26.2 Å². The van der Waals surface area contributed by atoms with Gasteiger partial charge in [0.25, 0.3) is 0 Å². The number of amides is 2. The second-order valence-electron chi connectivity index (χ2n) is 5.25. The summed E-state index contributed by atoms with van der Waals surface area (Å²) in [5, 5.41) is 0. The Kier molecular flexibility index (Phi) is 4.83. The van der Waals surface area contributed by atoms with E-state index < -0.39 is 0 Å². The molecule has 1 fully saturated rings. The minimum atomic E-state index is 0.209. The second kappa shape index (κ2) is 6.60. The van der Waals surface area contributed by atoms with E-state index in [0.29, 0.717) is 5.92 Å². The maximum Gasteiger partial charge on any atom is 0.319 e. The zero-order valence-corrected chi connectivity index (χ0v) is 12.0. The van der Waals surface area contributed by atoms with Gasteiger partial charge in [0.1, 0.15) is 0 Å². The fraction of sp³-hybridized carbons (Fsp3) is 0.562. The molecule has 0 N–H and O–H groups in total. The second-order valence-corrected chi connectivity index (χ2v) is 5.25. The Labute approximate surface area is 116 Å². The number of carbonyl (C=O) groups excluding carboxylic acids is 1. The molecule has 0 spiro atoms. The first-order valence-electron chi connectivity index (χ1n) is 7.32. The van der Waals surface area contributed by atoms with Crippen LogP contribution >= 0.6 is 0 Å². The normalized spacial score (nSPS) is 18.6. The van der Waals surface area contributed by atoms with E-state index in [1.807, 2.05) is 29.7 Å². The van der Waals surface area contributed by atoms with Gasteiger partial charge in [-0.1, -0.05) is 30.3 Å². The van der Waals surface area contributed by atoms with Gasteiger partial charge in [-0.15, -0.1) is 0 Å². The summed E-state index contributed by atoms with van der Waals surface area (Å²) in [6.45, 7) is 7.50. The van der Waals surface area contributed by atoms with Crippen molar-refractivity contribution in [3.05, 3.63) is 35.9 Å². The molecule has 0 bridgehead atoms. The van der Waals surface area contributed by atoms with Crippen molar-refractivity contribution in [2.75, 3.05) is 26.2 Å². The Morgan fingerprint density at radius 2 is 1.95 bits per heavy atom. The lowest BCUT2D eigenvalue weighted by Gasteiger charge is -2.26. The summed E-state index contributed by atoms with van der Waals surface area (Å²) in [7, 11) is 0. The Hall–Kier alpha value is -1.51. The zero-order valence-electron chi connectivity index (χ0n) is 12.0. The smallest absolute Gasteiger partial charge is 0.319 e. The van der Waals surface area contributed by atoms with Crippen molar-refractivity contribution >= 4 is 6.03 Å². The molecule has 0 aromatic heterocycles. The molecule has 1 saturated heterocycles. The summed E-state index contributed by atoms with van der Waals surface area (Å²) in [6, 6.07) is 10.8. The van der Waals surface area contributed by atoms with Gasteiger partial charge in [-0.05, 0) is 38.2 Å². The third-order valence-corrected chi connectivity index (χ3v) is 3.96. The summed E-state index contributed by atoms with van der Waals surface area (Å²) in [4.78, 5) is 16.2. The van der Waals surface area contributed by atoms with Gasteiger partial charge < -0.3 is 9.80 Å². The molecule has 1 aromatic carbocycles. The number of benzene rings is 1. The van der Waals surface area contributed by atoms with Gasteiger partial charge in [-0.25, -0.2) is 4.79 Å². The Bertz CT molecular complexity index is 400. The lowest BCUT2D eigenvalue weighted by Crippen LogP contribution is -2.41. The van der Waals surface area contributed by atoms with E-state index in [1.54, 1.807) is 0 Å². The lowest BCUT2D eigenvalue weighted by molar-refractivity contribution is 0.166. The summed E-state index contributed by atoms with van der Waals surface area (Å²) >= 11 is 0. The average molecular weight is 260 g/mol. The molecule has 1 heterocycles. The predicted octanol–water partition coefficient (Wildman–Crippen LogP) is 3.01. The molecule has 1 aliphatic rings. The minimum Gasteiger partial charge on any atom is -0.325 e. The van der Waals surface area contributed by atoms with Gasteiger partial charge in [-0.2, -0.15) is 0 Å². The van der Waals surface area contributed by atoms with E-state index in [2.05, 4.69) is 24.3 Å². The zero-order chi connectivity index (χ0) is 13.7. The van der Waals surface area contributed by atoms with E-state index >= 15 is 0 Å². The van der Waals surface area contributed by atoms with Crippen LogP contribution in [0.15, 0.2) is 30.3 Å². The van der Waals surface area contributed by atoms with Crippen LogP contribution in [-0.4, -0.2) is 42.0 Å². The van der Waals surface area contributed by atoms with Crippen LogP contribution < -0.4 is 0 Å². The van der Waals surface area contributed by atoms with Crippen molar-refractivity contribution < 1.29 is 4.79 Å². The maximum absolute atomic E-state index is 12.3. The number of hydrogen-bond donors (Lipinski definition) is 0. The maximum atomic E-state index is 12.3. The SMILES string of the molecule is CCN(CC)C(=O)N1CCC(Cc2ccccc2)C1. The van der Waals surface area contributed by atoms with Gasteiger partial charge in [-0.3, -0.25) is 0 Å². The van der Waals surface area contributed by atoms with Crippen molar-refractivity contribution in [2.24, 2.45) is 5.92 Å². The summed E-state index contributed by atoms with van der Waals surface area (Å²) in [5.74, 6) is 0.613. The molecule has 2 rings (SSSR count). The first-order chi connectivity index (χ1) is 9.24. The van der Waals surface area contributed by atoms with Crippen molar-refractivity contribution in [1.82, 2.24) is 9.80 Å². The Morgan fingerprint density at radius 1 is 1.26 bits per heavy atom. The van der Waals surface area contributed by atoms with E-state index in [0.717, 1.165) is 39.0 Å². The molecule has 1 atom stereocenters. The summed E-state index contributed by atoms with van der Waals surface area (Å²) in [5.41, 5.74) is 1.38. The van der Waals surface area contributed by atoms with Crippen LogP contribution in [0.1, 0.15) is 25.8 Å². The van der Waals surface area contributed by atoms with Crippen LogP contribution in [0.3, 0.4) is 0 Å². The molecule has 104 valence electrons. The van der Waals surface area contributed by atoms with E-state index in [9.17, 15) is 4.79 Å². The fourth-order valence-electron chi connectivity index (χ4n) is 2.81. The standard InChI is InChI=1S/C16H24N2O/c1-3-17(4-2)16(19)18-11-10-15(13-18)12-14-8-6-5-7-9-14/h5-9,15H,3-4,10-13H2,1-2H3. The highest BCUT2D eigenvalue weighted by Gasteiger charge is 2.28. The van der Waals surface area contributed by atoms with Gasteiger partial charge in [0.15, 0.2) is 0 Å². The van der Waals surface area contributed by atoms with Gasteiger partial charge >= 0.3 is 6.03 Å². The van der Waals surface area contributed by atoms with Gasteiger partial charge in [0.2, 0.25) is 0 Å². The molecule has 1 aromatic rings. The average Bonchev–Trinajstić information content (AvgIpc) is 2.89. The van der Waals surface area contributed by atoms with Crippen molar-refractivity contribution in [1.29, 1.82) is 0 Å². The third kappa shape index (κ3) is 3.49. The molecule has 0 radical (unpaired) electrons. The molecule has 1 aliphatic heterocycles. The van der Waals surface area contributed by atoms with Crippen molar-refractivity contribution in [3.63, 3.8) is 0 Å². The van der Waals surface area contributed by atoms with Crippen LogP contribution in [0.5, 0.6) is 0 Å².